The predicted molar refractivity (Wildman–Crippen MR) is 85.5 cm³/mol. The molecule has 1 amide bonds. The van der Waals surface area contributed by atoms with E-state index in [2.05, 4.69) is 4.98 Å². The van der Waals surface area contributed by atoms with Gasteiger partial charge in [-0.3, -0.25) is 14.6 Å². The monoisotopic (exact) mass is 299 g/mol. The Balaban J connectivity index is 2.02. The van der Waals surface area contributed by atoms with Crippen molar-refractivity contribution >= 4 is 5.91 Å². The molecule has 0 aliphatic carbocycles. The third kappa shape index (κ3) is 3.61. The van der Waals surface area contributed by atoms with E-state index in [0.717, 1.165) is 11.3 Å². The lowest BCUT2D eigenvalue weighted by atomic mass is 10.1. The number of carbonyl (C=O) groups is 1. The summed E-state index contributed by atoms with van der Waals surface area (Å²) in [5.74, 6) is 0.0134. The smallest absolute Gasteiger partial charge is 0.250 e. The van der Waals surface area contributed by atoms with Gasteiger partial charge in [0.05, 0.1) is 6.04 Å². The zero-order valence-corrected chi connectivity index (χ0v) is 13.2. The number of aryl methyl sites for hydroxylation is 1. The van der Waals surface area contributed by atoms with Gasteiger partial charge in [0.25, 0.3) is 5.56 Å². The molecule has 0 aliphatic rings. The Morgan fingerprint density at radius 3 is 2.59 bits per heavy atom. The summed E-state index contributed by atoms with van der Waals surface area (Å²) in [6.07, 6.45) is 3.74. The van der Waals surface area contributed by atoms with Gasteiger partial charge in [-0.2, -0.15) is 0 Å². The molecule has 0 spiro atoms. The van der Waals surface area contributed by atoms with E-state index < -0.39 is 0 Å². The number of pyridine rings is 2. The second kappa shape index (κ2) is 7.02. The molecular formula is C17H21N3O2. The summed E-state index contributed by atoms with van der Waals surface area (Å²) < 4.78 is 1.63. The van der Waals surface area contributed by atoms with E-state index >= 15 is 0 Å². The fourth-order valence-electron chi connectivity index (χ4n) is 2.38. The molecule has 22 heavy (non-hydrogen) atoms. The van der Waals surface area contributed by atoms with Crippen molar-refractivity contribution in [2.75, 3.05) is 7.05 Å². The molecule has 0 aliphatic heterocycles. The molecule has 0 aromatic carbocycles. The fraction of sp³-hybridized carbons (Fsp3) is 0.353. The van der Waals surface area contributed by atoms with Crippen LogP contribution in [0.15, 0.2) is 47.5 Å². The van der Waals surface area contributed by atoms with Gasteiger partial charge in [0.15, 0.2) is 0 Å². The lowest BCUT2D eigenvalue weighted by molar-refractivity contribution is -0.132. The van der Waals surface area contributed by atoms with Crippen LogP contribution >= 0.6 is 0 Å². The van der Waals surface area contributed by atoms with Crippen molar-refractivity contribution in [3.8, 4) is 0 Å². The molecule has 2 aromatic heterocycles. The average Bonchev–Trinajstić information content (AvgIpc) is 2.53. The van der Waals surface area contributed by atoms with Gasteiger partial charge in [-0.15, -0.1) is 0 Å². The van der Waals surface area contributed by atoms with Crippen LogP contribution in [0.25, 0.3) is 0 Å². The highest BCUT2D eigenvalue weighted by atomic mass is 16.2. The highest BCUT2D eigenvalue weighted by molar-refractivity contribution is 5.76. The predicted octanol–water partition coefficient (Wildman–Crippen LogP) is 2.16. The molecule has 116 valence electrons. The molecule has 0 fully saturated rings. The van der Waals surface area contributed by atoms with Crippen LogP contribution in [-0.4, -0.2) is 27.4 Å². The summed E-state index contributed by atoms with van der Waals surface area (Å²) in [5, 5.41) is 0. The summed E-state index contributed by atoms with van der Waals surface area (Å²) in [6, 6.07) is 8.90. The Morgan fingerprint density at radius 1 is 1.27 bits per heavy atom. The van der Waals surface area contributed by atoms with Crippen LogP contribution in [0.1, 0.15) is 30.6 Å². The van der Waals surface area contributed by atoms with Gasteiger partial charge in [-0.1, -0.05) is 6.07 Å². The van der Waals surface area contributed by atoms with E-state index in [-0.39, 0.29) is 17.5 Å². The Bertz CT molecular complexity index is 695. The quantitative estimate of drug-likeness (QED) is 0.850. The molecule has 0 bridgehead atoms. The lowest BCUT2D eigenvalue weighted by Gasteiger charge is -2.25. The Kier molecular flexibility index (Phi) is 5.09. The van der Waals surface area contributed by atoms with Crippen LogP contribution in [0.4, 0.5) is 0 Å². The van der Waals surface area contributed by atoms with Crippen LogP contribution in [0.3, 0.4) is 0 Å². The summed E-state index contributed by atoms with van der Waals surface area (Å²) in [4.78, 5) is 29.9. The number of rotatable bonds is 5. The first-order valence-corrected chi connectivity index (χ1v) is 7.32. The Morgan fingerprint density at radius 2 is 1.95 bits per heavy atom. The zero-order valence-electron chi connectivity index (χ0n) is 13.2. The topological polar surface area (TPSA) is 55.2 Å². The maximum Gasteiger partial charge on any atom is 0.250 e. The van der Waals surface area contributed by atoms with E-state index in [1.54, 1.807) is 35.0 Å². The highest BCUT2D eigenvalue weighted by Crippen LogP contribution is 2.18. The maximum atomic E-state index is 12.3. The van der Waals surface area contributed by atoms with Crippen molar-refractivity contribution in [1.82, 2.24) is 14.5 Å². The minimum atomic E-state index is -0.0716. The first kappa shape index (κ1) is 15.9. The number of aromatic nitrogens is 2. The lowest BCUT2D eigenvalue weighted by Crippen LogP contribution is -2.31. The number of hydrogen-bond acceptors (Lipinski definition) is 3. The molecular weight excluding hydrogens is 278 g/mol. The van der Waals surface area contributed by atoms with Gasteiger partial charge in [0.2, 0.25) is 5.91 Å². The highest BCUT2D eigenvalue weighted by Gasteiger charge is 2.17. The van der Waals surface area contributed by atoms with Gasteiger partial charge in [-0.25, -0.2) is 0 Å². The Labute approximate surface area is 130 Å². The van der Waals surface area contributed by atoms with Crippen LogP contribution in [0.2, 0.25) is 0 Å². The van der Waals surface area contributed by atoms with Gasteiger partial charge in [0.1, 0.15) is 0 Å². The third-order valence-electron chi connectivity index (χ3n) is 3.98. The van der Waals surface area contributed by atoms with Crippen molar-refractivity contribution in [2.45, 2.75) is 32.9 Å². The first-order chi connectivity index (χ1) is 10.5. The van der Waals surface area contributed by atoms with E-state index in [1.807, 2.05) is 32.0 Å². The van der Waals surface area contributed by atoms with Crippen molar-refractivity contribution in [1.29, 1.82) is 0 Å². The second-order valence-electron chi connectivity index (χ2n) is 5.37. The number of amides is 1. The molecule has 5 heteroatoms. The van der Waals surface area contributed by atoms with E-state index in [0.29, 0.717) is 13.0 Å². The molecule has 5 nitrogen and oxygen atoms in total. The number of nitrogens with zero attached hydrogens (tertiary/aromatic N) is 3. The third-order valence-corrected chi connectivity index (χ3v) is 3.98. The van der Waals surface area contributed by atoms with Crippen LogP contribution in [0, 0.1) is 6.92 Å². The van der Waals surface area contributed by atoms with E-state index in [1.165, 1.54) is 6.07 Å². The van der Waals surface area contributed by atoms with Crippen molar-refractivity contribution in [3.63, 3.8) is 0 Å². The van der Waals surface area contributed by atoms with Crippen LogP contribution < -0.4 is 5.56 Å². The van der Waals surface area contributed by atoms with E-state index in [4.69, 9.17) is 0 Å². The van der Waals surface area contributed by atoms with Gasteiger partial charge in [-0.05, 0) is 37.6 Å². The fourth-order valence-corrected chi connectivity index (χ4v) is 2.38. The summed E-state index contributed by atoms with van der Waals surface area (Å²) in [6.45, 7) is 4.25. The second-order valence-corrected chi connectivity index (χ2v) is 5.37. The number of hydrogen-bond donors (Lipinski definition) is 0. The standard InChI is InChI=1S/C17H21N3O2/c1-13-5-4-6-17(22)20(13)12-9-16(21)19(3)14(2)15-7-10-18-11-8-15/h4-8,10-11,14H,9,12H2,1-3H3/t14-/m1/s1. The van der Waals surface area contributed by atoms with Crippen LogP contribution in [0.5, 0.6) is 0 Å². The minimum Gasteiger partial charge on any atom is -0.339 e. The largest absolute Gasteiger partial charge is 0.339 e. The Hall–Kier alpha value is -2.43. The number of carbonyl (C=O) groups excluding carboxylic acids is 1. The van der Waals surface area contributed by atoms with Crippen molar-refractivity contribution in [2.24, 2.45) is 0 Å². The maximum absolute atomic E-state index is 12.3. The molecule has 0 N–H and O–H groups in total. The molecule has 0 radical (unpaired) electrons. The molecule has 2 aromatic rings. The summed E-state index contributed by atoms with van der Waals surface area (Å²) in [7, 11) is 1.79. The van der Waals surface area contributed by atoms with E-state index in [9.17, 15) is 9.59 Å². The molecule has 2 heterocycles. The zero-order chi connectivity index (χ0) is 16.1. The van der Waals surface area contributed by atoms with Crippen molar-refractivity contribution in [3.05, 3.63) is 64.3 Å². The van der Waals surface area contributed by atoms with Gasteiger partial charge in [0, 0.05) is 44.2 Å². The molecule has 1 atom stereocenters. The molecule has 0 saturated heterocycles. The SMILES string of the molecule is Cc1cccc(=O)n1CCC(=O)N(C)[C@H](C)c1ccncc1. The normalized spacial score (nSPS) is 12.0. The molecule has 0 saturated carbocycles. The van der Waals surface area contributed by atoms with Crippen LogP contribution in [-0.2, 0) is 11.3 Å². The van der Waals surface area contributed by atoms with Gasteiger partial charge < -0.3 is 9.47 Å². The van der Waals surface area contributed by atoms with Gasteiger partial charge >= 0.3 is 0 Å². The average molecular weight is 299 g/mol. The summed E-state index contributed by atoms with van der Waals surface area (Å²) in [5.41, 5.74) is 1.83. The summed E-state index contributed by atoms with van der Waals surface area (Å²) >= 11 is 0. The minimum absolute atomic E-state index is 0.0134. The first-order valence-electron chi connectivity index (χ1n) is 7.32. The molecule has 2 rings (SSSR count). The van der Waals surface area contributed by atoms with Crippen molar-refractivity contribution < 1.29 is 4.79 Å². The molecule has 0 unspecified atom stereocenters.